The van der Waals surface area contributed by atoms with Crippen molar-refractivity contribution in [3.63, 3.8) is 0 Å². The normalized spacial score (nSPS) is 15.1. The molecule has 0 aromatic carbocycles. The van der Waals surface area contributed by atoms with Crippen molar-refractivity contribution in [2.75, 3.05) is 6.54 Å². The molecule has 2 aromatic heterocycles. The van der Waals surface area contributed by atoms with E-state index < -0.39 is 0 Å². The maximum atomic E-state index is 4.50. The fourth-order valence-corrected chi connectivity index (χ4v) is 3.27. The molecule has 1 aliphatic rings. The minimum absolute atomic E-state index is 0.971. The molecule has 0 amide bonds. The number of thiazole rings is 1. The van der Waals surface area contributed by atoms with Gasteiger partial charge < -0.3 is 9.88 Å². The topological polar surface area (TPSA) is 29.9 Å². The Kier molecular flexibility index (Phi) is 2.33. The summed E-state index contributed by atoms with van der Waals surface area (Å²) in [6.07, 6.45) is 2.19. The molecule has 0 spiro atoms. The van der Waals surface area contributed by atoms with Crippen LogP contribution in [0.25, 0.3) is 10.4 Å². The Morgan fingerprint density at radius 2 is 2.31 bits per heavy atom. The van der Waals surface area contributed by atoms with Crippen LogP contribution in [0.1, 0.15) is 16.4 Å². The van der Waals surface area contributed by atoms with Crippen LogP contribution < -0.4 is 5.32 Å². The molecule has 3 nitrogen and oxygen atoms in total. The lowest BCUT2D eigenvalue weighted by Crippen LogP contribution is -2.27. The zero-order chi connectivity index (χ0) is 11.1. The van der Waals surface area contributed by atoms with Crippen molar-refractivity contribution in [1.82, 2.24) is 14.9 Å². The summed E-state index contributed by atoms with van der Waals surface area (Å²) >= 11 is 1.79. The van der Waals surface area contributed by atoms with Crippen LogP contribution in [-0.2, 0) is 13.1 Å². The van der Waals surface area contributed by atoms with Crippen LogP contribution in [0.4, 0.5) is 0 Å². The molecular formula is C12H15N3S. The zero-order valence-electron chi connectivity index (χ0n) is 9.58. The molecule has 0 fully saturated rings. The van der Waals surface area contributed by atoms with Gasteiger partial charge in [-0.25, -0.2) is 4.98 Å². The number of nitrogens with one attached hydrogen (secondary N) is 1. The maximum Gasteiger partial charge on any atom is 0.0903 e. The first-order valence-corrected chi connectivity index (χ1v) is 6.40. The monoisotopic (exact) mass is 233 g/mol. The summed E-state index contributed by atoms with van der Waals surface area (Å²) in [5.41, 5.74) is 3.91. The van der Waals surface area contributed by atoms with E-state index in [0.717, 1.165) is 30.3 Å². The van der Waals surface area contributed by atoms with Gasteiger partial charge in [0.1, 0.15) is 0 Å². The Morgan fingerprint density at radius 1 is 1.44 bits per heavy atom. The smallest absolute Gasteiger partial charge is 0.0903 e. The lowest BCUT2D eigenvalue weighted by Gasteiger charge is -2.17. The number of hydrogen-bond acceptors (Lipinski definition) is 3. The van der Waals surface area contributed by atoms with E-state index in [9.17, 15) is 0 Å². The summed E-state index contributed by atoms with van der Waals surface area (Å²) in [5, 5.41) is 4.58. The molecule has 0 aliphatic carbocycles. The van der Waals surface area contributed by atoms with E-state index in [1.165, 1.54) is 16.1 Å². The Bertz CT molecular complexity index is 524. The summed E-state index contributed by atoms with van der Waals surface area (Å²) < 4.78 is 2.35. The Morgan fingerprint density at radius 3 is 3.06 bits per heavy atom. The lowest BCUT2D eigenvalue weighted by molar-refractivity contribution is 0.518. The summed E-state index contributed by atoms with van der Waals surface area (Å²) in [5.74, 6) is 0. The molecular weight excluding hydrogens is 218 g/mol. The molecule has 16 heavy (non-hydrogen) atoms. The van der Waals surface area contributed by atoms with E-state index in [-0.39, 0.29) is 0 Å². The van der Waals surface area contributed by atoms with Crippen LogP contribution >= 0.6 is 11.3 Å². The molecule has 1 aliphatic heterocycles. The molecule has 0 radical (unpaired) electrons. The van der Waals surface area contributed by atoms with Crippen molar-refractivity contribution in [3.8, 4) is 10.4 Å². The second-order valence-corrected chi connectivity index (χ2v) is 5.40. The second kappa shape index (κ2) is 3.71. The van der Waals surface area contributed by atoms with Gasteiger partial charge in [-0.3, -0.25) is 0 Å². The van der Waals surface area contributed by atoms with Gasteiger partial charge in [0, 0.05) is 37.1 Å². The summed E-state index contributed by atoms with van der Waals surface area (Å²) in [6, 6.07) is 2.22. The predicted molar refractivity (Wildman–Crippen MR) is 66.7 cm³/mol. The van der Waals surface area contributed by atoms with Gasteiger partial charge in [0.15, 0.2) is 0 Å². The molecule has 0 unspecified atom stereocenters. The number of fused-ring (bicyclic) bond motifs is 1. The molecule has 3 rings (SSSR count). The Hall–Kier alpha value is -1.13. The van der Waals surface area contributed by atoms with Gasteiger partial charge in [-0.1, -0.05) is 0 Å². The summed E-state index contributed by atoms with van der Waals surface area (Å²) in [6.45, 7) is 7.29. The van der Waals surface area contributed by atoms with Crippen molar-refractivity contribution in [2.45, 2.75) is 26.9 Å². The third-order valence-corrected chi connectivity index (χ3v) is 4.15. The predicted octanol–water partition coefficient (Wildman–Crippen LogP) is 2.33. The van der Waals surface area contributed by atoms with Crippen LogP contribution in [0.15, 0.2) is 12.3 Å². The average molecular weight is 233 g/mol. The van der Waals surface area contributed by atoms with Gasteiger partial charge in [0.2, 0.25) is 0 Å². The third-order valence-electron chi connectivity index (χ3n) is 3.05. The van der Waals surface area contributed by atoms with Gasteiger partial charge >= 0.3 is 0 Å². The fraction of sp³-hybridized carbons (Fsp3) is 0.417. The highest BCUT2D eigenvalue weighted by Crippen LogP contribution is 2.33. The average Bonchev–Trinajstić information content (AvgIpc) is 2.81. The second-order valence-electron chi connectivity index (χ2n) is 4.19. The highest BCUT2D eigenvalue weighted by Gasteiger charge is 2.17. The first-order valence-electron chi connectivity index (χ1n) is 5.59. The van der Waals surface area contributed by atoms with Gasteiger partial charge in [0.25, 0.3) is 0 Å². The van der Waals surface area contributed by atoms with Crippen LogP contribution in [0.3, 0.4) is 0 Å². The lowest BCUT2D eigenvalue weighted by atomic mass is 10.1. The van der Waals surface area contributed by atoms with E-state index in [1.54, 1.807) is 11.3 Å². The molecule has 3 heterocycles. The van der Waals surface area contributed by atoms with Crippen molar-refractivity contribution < 1.29 is 0 Å². The SMILES string of the molecule is Cc1nc(C)c(-c2ccn3c2CNCC3)s1. The number of aromatic nitrogens is 2. The van der Waals surface area contributed by atoms with Crippen molar-refractivity contribution in [3.05, 3.63) is 28.7 Å². The zero-order valence-corrected chi connectivity index (χ0v) is 10.4. The molecule has 4 heteroatoms. The maximum absolute atomic E-state index is 4.50. The summed E-state index contributed by atoms with van der Waals surface area (Å²) in [7, 11) is 0. The van der Waals surface area contributed by atoms with Gasteiger partial charge in [-0.15, -0.1) is 11.3 Å². The van der Waals surface area contributed by atoms with Crippen LogP contribution in [-0.4, -0.2) is 16.1 Å². The Balaban J connectivity index is 2.13. The Labute approximate surface area is 99.1 Å². The van der Waals surface area contributed by atoms with E-state index in [4.69, 9.17) is 0 Å². The first kappa shape index (κ1) is 10.1. The van der Waals surface area contributed by atoms with Crippen molar-refractivity contribution in [2.24, 2.45) is 0 Å². The first-order chi connectivity index (χ1) is 7.75. The van der Waals surface area contributed by atoms with Gasteiger partial charge in [-0.2, -0.15) is 0 Å². The van der Waals surface area contributed by atoms with Gasteiger partial charge in [-0.05, 0) is 19.9 Å². The van der Waals surface area contributed by atoms with E-state index in [0.29, 0.717) is 0 Å². The fourth-order valence-electron chi connectivity index (χ4n) is 2.31. The quantitative estimate of drug-likeness (QED) is 0.819. The van der Waals surface area contributed by atoms with E-state index >= 15 is 0 Å². The molecule has 0 saturated heterocycles. The molecule has 0 saturated carbocycles. The standard InChI is InChI=1S/C12H15N3S/c1-8-12(16-9(2)14-8)10-3-5-15-6-4-13-7-11(10)15/h3,5,13H,4,6-7H2,1-2H3. The number of rotatable bonds is 1. The van der Waals surface area contributed by atoms with Gasteiger partial charge in [0.05, 0.1) is 15.6 Å². The van der Waals surface area contributed by atoms with Crippen LogP contribution in [0, 0.1) is 13.8 Å². The van der Waals surface area contributed by atoms with Crippen LogP contribution in [0.2, 0.25) is 0 Å². The molecule has 0 bridgehead atoms. The third kappa shape index (κ3) is 1.49. The molecule has 2 aromatic rings. The number of nitrogens with zero attached hydrogens (tertiary/aromatic N) is 2. The number of hydrogen-bond donors (Lipinski definition) is 1. The van der Waals surface area contributed by atoms with E-state index in [2.05, 4.69) is 41.0 Å². The number of aryl methyl sites for hydroxylation is 2. The molecule has 0 atom stereocenters. The molecule has 1 N–H and O–H groups in total. The summed E-state index contributed by atoms with van der Waals surface area (Å²) in [4.78, 5) is 5.83. The highest BCUT2D eigenvalue weighted by molar-refractivity contribution is 7.15. The van der Waals surface area contributed by atoms with E-state index in [1.807, 2.05) is 0 Å². The highest BCUT2D eigenvalue weighted by atomic mass is 32.1. The minimum Gasteiger partial charge on any atom is -0.348 e. The minimum atomic E-state index is 0.971. The largest absolute Gasteiger partial charge is 0.348 e. The van der Waals surface area contributed by atoms with Crippen molar-refractivity contribution in [1.29, 1.82) is 0 Å². The van der Waals surface area contributed by atoms with Crippen LogP contribution in [0.5, 0.6) is 0 Å². The molecule has 84 valence electrons. The van der Waals surface area contributed by atoms with Crippen molar-refractivity contribution >= 4 is 11.3 Å².